The molecule has 4 rings (SSSR count). The van der Waals surface area contributed by atoms with Crippen molar-refractivity contribution in [2.24, 2.45) is 0 Å². The number of esters is 1. The van der Waals surface area contributed by atoms with Crippen LogP contribution < -0.4 is 23.0 Å². The highest BCUT2D eigenvalue weighted by Gasteiger charge is 2.41. The number of aromatic nitrogens is 3. The smallest absolute Gasteiger partial charge is 0.416 e. The fourth-order valence-electron chi connectivity index (χ4n) is 4.69. The van der Waals surface area contributed by atoms with Crippen LogP contribution in [0.2, 0.25) is 0 Å². The number of ether oxygens (including phenoxy) is 1. The molecule has 2 aromatic carbocycles. The van der Waals surface area contributed by atoms with Crippen LogP contribution in [0, 0.1) is 11.3 Å². The van der Waals surface area contributed by atoms with E-state index in [1.165, 1.54) is 28.7 Å². The van der Waals surface area contributed by atoms with E-state index in [9.17, 15) is 28.0 Å². The first kappa shape index (κ1) is 30.5. The normalized spacial score (nSPS) is 15.3. The summed E-state index contributed by atoms with van der Waals surface area (Å²) >= 11 is 0. The summed E-state index contributed by atoms with van der Waals surface area (Å²) in [5.74, 6) is -0.744. The summed E-state index contributed by atoms with van der Waals surface area (Å²) in [6.07, 6.45) is -4.08. The Morgan fingerprint density at radius 3 is 2.50 bits per heavy atom. The zero-order chi connectivity index (χ0) is 28.7. The Hall–Kier alpha value is -4.08. The number of hydrogen-bond acceptors (Lipinski definition) is 6. The van der Waals surface area contributed by atoms with Crippen molar-refractivity contribution in [3.8, 4) is 6.07 Å². The largest absolute Gasteiger partial charge is 1.00 e. The lowest BCUT2D eigenvalue weighted by atomic mass is 9.89. The van der Waals surface area contributed by atoms with E-state index in [2.05, 4.69) is 16.3 Å². The van der Waals surface area contributed by atoms with Gasteiger partial charge in [0.2, 0.25) is 5.95 Å². The molecule has 212 valence electrons. The van der Waals surface area contributed by atoms with Gasteiger partial charge in [-0.1, -0.05) is 12.1 Å². The van der Waals surface area contributed by atoms with Crippen LogP contribution in [-0.4, -0.2) is 60.0 Å². The molecule has 1 aromatic heterocycles. The van der Waals surface area contributed by atoms with E-state index in [0.717, 1.165) is 17.7 Å². The molecule has 1 aliphatic heterocycles. The molecule has 1 unspecified atom stereocenters. The predicted molar refractivity (Wildman–Crippen MR) is 137 cm³/mol. The molecule has 0 aliphatic carbocycles. The summed E-state index contributed by atoms with van der Waals surface area (Å²) in [6, 6.07) is 10.7. The van der Waals surface area contributed by atoms with Crippen molar-refractivity contribution < 1.29 is 39.6 Å². The number of carbonyl (C=O) groups excluding carboxylic acids is 1. The minimum Gasteiger partial charge on any atom is -1.00 e. The number of benzene rings is 2. The average Bonchev–Trinajstić information content (AvgIpc) is 3.26. The van der Waals surface area contributed by atoms with Gasteiger partial charge in [0.15, 0.2) is 0 Å². The van der Waals surface area contributed by atoms with Gasteiger partial charge in [-0.2, -0.15) is 18.4 Å². The lowest BCUT2D eigenvalue weighted by Gasteiger charge is -2.36. The summed E-state index contributed by atoms with van der Waals surface area (Å²) in [5.41, 5.74) is 0.547. The number of anilines is 2. The van der Waals surface area contributed by atoms with E-state index < -0.39 is 29.4 Å². The molecule has 0 radical (unpaired) electrons. The lowest BCUT2D eigenvalue weighted by Crippen LogP contribution is -3.00. The molecule has 0 spiro atoms. The number of methoxy groups -OCH3 is 1. The van der Waals surface area contributed by atoms with Crippen LogP contribution in [0.4, 0.5) is 24.8 Å². The van der Waals surface area contributed by atoms with Crippen LogP contribution in [0.1, 0.15) is 35.2 Å². The first-order valence-electron chi connectivity index (χ1n) is 12.0. The Bertz CT molecular complexity index is 1560. The summed E-state index contributed by atoms with van der Waals surface area (Å²) in [5, 5.41) is 16.0. The van der Waals surface area contributed by atoms with Gasteiger partial charge in [-0.05, 0) is 48.4 Å². The van der Waals surface area contributed by atoms with Crippen molar-refractivity contribution >= 4 is 17.6 Å². The van der Waals surface area contributed by atoms with Gasteiger partial charge in [0.25, 0.3) is 0 Å². The Labute approximate surface area is 235 Å². The standard InChI is InChI=1S/C27H27F3N6O3.ClH/c1-16-22(24(37)39-5)23(21-10-9-17(15-31)13-18(21)11-12-36(2,3)4)35-25(32-33-26(35)38)34(16)20-8-6-7-19(14-20)27(28,29)30;/h6-10,13-14,23H,11-12H2,1-5H3;1H. The third-order valence-corrected chi connectivity index (χ3v) is 6.60. The number of H-pyrrole nitrogens is 1. The fourth-order valence-corrected chi connectivity index (χ4v) is 4.69. The van der Waals surface area contributed by atoms with Crippen LogP contribution in [0.5, 0.6) is 0 Å². The average molecular weight is 577 g/mol. The van der Waals surface area contributed by atoms with Crippen molar-refractivity contribution in [3.63, 3.8) is 0 Å². The second-order valence-electron chi connectivity index (χ2n) is 10.3. The number of hydrogen-bond donors (Lipinski definition) is 1. The van der Waals surface area contributed by atoms with Gasteiger partial charge < -0.3 is 21.6 Å². The number of halogens is 4. The number of allylic oxidation sites excluding steroid dienone is 1. The van der Waals surface area contributed by atoms with Gasteiger partial charge in [-0.3, -0.25) is 4.90 Å². The first-order chi connectivity index (χ1) is 18.3. The number of fused-ring (bicyclic) bond motifs is 1. The van der Waals surface area contributed by atoms with Gasteiger partial charge in [-0.25, -0.2) is 19.3 Å². The van der Waals surface area contributed by atoms with Crippen LogP contribution in [0.15, 0.2) is 58.5 Å². The molecule has 0 bridgehead atoms. The number of aromatic amines is 1. The monoisotopic (exact) mass is 576 g/mol. The minimum absolute atomic E-state index is 0. The molecule has 0 fully saturated rings. The van der Waals surface area contributed by atoms with Gasteiger partial charge in [0.1, 0.15) is 6.04 Å². The molecule has 0 saturated heterocycles. The zero-order valence-corrected chi connectivity index (χ0v) is 23.3. The summed E-state index contributed by atoms with van der Waals surface area (Å²) in [7, 11) is 7.25. The molecule has 9 nitrogen and oxygen atoms in total. The molecule has 2 heterocycles. The number of rotatable bonds is 6. The van der Waals surface area contributed by atoms with Crippen LogP contribution in [0.25, 0.3) is 0 Å². The number of quaternary nitrogens is 1. The number of nitrogens with one attached hydrogen (secondary N) is 1. The molecule has 1 aliphatic rings. The molecule has 13 heteroatoms. The van der Waals surface area contributed by atoms with Gasteiger partial charge in [0.05, 0.1) is 57.6 Å². The Morgan fingerprint density at radius 2 is 1.90 bits per heavy atom. The lowest BCUT2D eigenvalue weighted by molar-refractivity contribution is -0.870. The van der Waals surface area contributed by atoms with E-state index in [4.69, 9.17) is 4.74 Å². The van der Waals surface area contributed by atoms with Crippen molar-refractivity contribution in [3.05, 3.63) is 86.5 Å². The quantitative estimate of drug-likeness (QED) is 0.346. The fraction of sp³-hybridized carbons (Fsp3) is 0.333. The first-order valence-corrected chi connectivity index (χ1v) is 12.0. The highest BCUT2D eigenvalue weighted by molar-refractivity contribution is 5.93. The summed E-state index contributed by atoms with van der Waals surface area (Å²) in [4.78, 5) is 27.8. The molecular formula is C27H28ClF3N6O3. The number of alkyl halides is 3. The Balaban J connectivity index is 0.00000441. The topological polar surface area (TPSA) is 104 Å². The maximum absolute atomic E-state index is 13.5. The Morgan fingerprint density at radius 1 is 1.20 bits per heavy atom. The second kappa shape index (κ2) is 11.2. The molecule has 1 N–H and O–H groups in total. The third kappa shape index (κ3) is 5.76. The molecule has 40 heavy (non-hydrogen) atoms. The third-order valence-electron chi connectivity index (χ3n) is 6.60. The van der Waals surface area contributed by atoms with Crippen LogP contribution in [-0.2, 0) is 22.1 Å². The number of nitrogens with zero attached hydrogens (tertiary/aromatic N) is 5. The molecule has 0 amide bonds. The predicted octanol–water partition coefficient (Wildman–Crippen LogP) is 0.903. The van der Waals surface area contributed by atoms with E-state index in [1.807, 2.05) is 21.1 Å². The van der Waals surface area contributed by atoms with Crippen molar-refractivity contribution in [2.75, 3.05) is 39.7 Å². The second-order valence-corrected chi connectivity index (χ2v) is 10.3. The molecule has 0 saturated carbocycles. The molecule has 1 atom stereocenters. The number of nitriles is 1. The van der Waals surface area contributed by atoms with Crippen molar-refractivity contribution in [2.45, 2.75) is 25.6 Å². The summed E-state index contributed by atoms with van der Waals surface area (Å²) in [6.45, 7) is 2.26. The molecular weight excluding hydrogens is 549 g/mol. The highest BCUT2D eigenvalue weighted by atomic mass is 35.5. The van der Waals surface area contributed by atoms with Gasteiger partial charge >= 0.3 is 17.8 Å². The summed E-state index contributed by atoms with van der Waals surface area (Å²) < 4.78 is 47.6. The maximum Gasteiger partial charge on any atom is 0.416 e. The van der Waals surface area contributed by atoms with Gasteiger partial charge in [0, 0.05) is 17.8 Å². The van der Waals surface area contributed by atoms with Crippen LogP contribution in [0.3, 0.4) is 0 Å². The Kier molecular flexibility index (Phi) is 8.52. The van der Waals surface area contributed by atoms with E-state index >= 15 is 0 Å². The number of carbonyl (C=O) groups is 1. The van der Waals surface area contributed by atoms with E-state index in [0.29, 0.717) is 28.6 Å². The number of likely N-dealkylation sites (N-methyl/N-ethyl adjacent to an activating group) is 1. The van der Waals surface area contributed by atoms with Crippen molar-refractivity contribution in [1.29, 1.82) is 5.26 Å². The SMILES string of the molecule is COC(=O)C1=C(C)N(c2cccc(C(F)(F)F)c2)c2n[nH]c(=O)n2C1c1ccc(C#N)cc1CC[N+](C)(C)C.[Cl-]. The molecule has 3 aromatic rings. The maximum atomic E-state index is 13.5. The zero-order valence-electron chi connectivity index (χ0n) is 22.5. The van der Waals surface area contributed by atoms with Crippen molar-refractivity contribution in [1.82, 2.24) is 14.8 Å². The van der Waals surface area contributed by atoms with Gasteiger partial charge in [-0.15, -0.1) is 5.10 Å². The van der Waals surface area contributed by atoms with E-state index in [1.54, 1.807) is 25.1 Å². The van der Waals surface area contributed by atoms with E-state index in [-0.39, 0.29) is 35.3 Å². The highest BCUT2D eigenvalue weighted by Crippen LogP contribution is 2.43. The van der Waals surface area contributed by atoms with Crippen LogP contribution >= 0.6 is 0 Å². The minimum atomic E-state index is -4.61.